The third-order valence-electron chi connectivity index (χ3n) is 2.25. The van der Waals surface area contributed by atoms with E-state index >= 15 is 0 Å². The third-order valence-corrected chi connectivity index (χ3v) is 2.25. The van der Waals surface area contributed by atoms with Gasteiger partial charge in [0.1, 0.15) is 5.75 Å². The maximum absolute atomic E-state index is 11.6. The largest absolute Gasteiger partial charge is 0.497 e. The molecule has 1 aromatic carbocycles. The van der Waals surface area contributed by atoms with Crippen molar-refractivity contribution in [1.82, 2.24) is 4.98 Å². The van der Waals surface area contributed by atoms with E-state index in [0.717, 1.165) is 11.1 Å². The molecule has 0 aliphatic rings. The quantitative estimate of drug-likeness (QED) is 0.809. The van der Waals surface area contributed by atoms with Crippen LogP contribution in [-0.4, -0.2) is 19.2 Å². The van der Waals surface area contributed by atoms with Gasteiger partial charge in [0.15, 0.2) is 5.88 Å². The predicted octanol–water partition coefficient (Wildman–Crippen LogP) is 1.55. The molecule has 0 bridgehead atoms. The van der Waals surface area contributed by atoms with Crippen LogP contribution in [0, 0.1) is 0 Å². The molecular weight excluding hydrogens is 194 g/mol. The molecular formula is C11H11NO3. The number of benzene rings is 1. The molecule has 0 radical (unpaired) electrons. The second-order valence-electron chi connectivity index (χ2n) is 3.12. The van der Waals surface area contributed by atoms with Crippen LogP contribution in [0.2, 0.25) is 0 Å². The summed E-state index contributed by atoms with van der Waals surface area (Å²) in [6.07, 6.45) is 0. The van der Waals surface area contributed by atoms with E-state index in [-0.39, 0.29) is 5.56 Å². The van der Waals surface area contributed by atoms with Crippen LogP contribution >= 0.6 is 0 Å². The van der Waals surface area contributed by atoms with E-state index in [0.29, 0.717) is 11.3 Å². The summed E-state index contributed by atoms with van der Waals surface area (Å²) in [7, 11) is 3.10. The van der Waals surface area contributed by atoms with Gasteiger partial charge in [-0.2, -0.15) is 0 Å². The van der Waals surface area contributed by atoms with Crippen molar-refractivity contribution in [2.45, 2.75) is 0 Å². The number of pyridine rings is 1. The molecule has 4 nitrogen and oxygen atoms in total. The summed E-state index contributed by atoms with van der Waals surface area (Å²) in [6, 6.07) is 7.04. The van der Waals surface area contributed by atoms with Crippen LogP contribution in [0.25, 0.3) is 10.8 Å². The first kappa shape index (κ1) is 9.58. The Labute approximate surface area is 86.5 Å². The molecule has 1 aromatic heterocycles. The molecule has 0 aliphatic carbocycles. The normalized spacial score (nSPS) is 10.3. The summed E-state index contributed by atoms with van der Waals surface area (Å²) < 4.78 is 10.1. The van der Waals surface area contributed by atoms with Gasteiger partial charge < -0.3 is 9.47 Å². The van der Waals surface area contributed by atoms with Gasteiger partial charge in [-0.1, -0.05) is 0 Å². The number of H-pyrrole nitrogens is 1. The SMILES string of the molecule is COc1ccc2c(=O)[nH]c(OC)cc2c1. The molecule has 0 atom stereocenters. The molecule has 0 spiro atoms. The van der Waals surface area contributed by atoms with Crippen molar-refractivity contribution < 1.29 is 9.47 Å². The van der Waals surface area contributed by atoms with Crippen LogP contribution in [0.5, 0.6) is 11.6 Å². The lowest BCUT2D eigenvalue weighted by atomic mass is 10.1. The summed E-state index contributed by atoms with van der Waals surface area (Å²) in [6.45, 7) is 0. The minimum absolute atomic E-state index is 0.160. The maximum Gasteiger partial charge on any atom is 0.258 e. The molecule has 78 valence electrons. The van der Waals surface area contributed by atoms with Crippen molar-refractivity contribution in [1.29, 1.82) is 0 Å². The first-order valence-corrected chi connectivity index (χ1v) is 4.49. The Balaban J connectivity index is 2.75. The van der Waals surface area contributed by atoms with E-state index in [1.807, 2.05) is 0 Å². The number of hydrogen-bond acceptors (Lipinski definition) is 3. The fraction of sp³-hybridized carbons (Fsp3) is 0.182. The summed E-state index contributed by atoms with van der Waals surface area (Å²) in [5.41, 5.74) is -0.160. The van der Waals surface area contributed by atoms with Gasteiger partial charge in [0.25, 0.3) is 5.56 Å². The Morgan fingerprint density at radius 3 is 2.60 bits per heavy atom. The molecule has 0 saturated carbocycles. The lowest BCUT2D eigenvalue weighted by Crippen LogP contribution is -2.07. The number of ether oxygens (including phenoxy) is 2. The fourth-order valence-corrected chi connectivity index (χ4v) is 1.46. The molecule has 0 amide bonds. The van der Waals surface area contributed by atoms with Gasteiger partial charge in [0.05, 0.1) is 14.2 Å². The molecule has 0 saturated heterocycles. The number of methoxy groups -OCH3 is 2. The van der Waals surface area contributed by atoms with Crippen molar-refractivity contribution in [2.24, 2.45) is 0 Å². The van der Waals surface area contributed by atoms with Crippen LogP contribution in [0.4, 0.5) is 0 Å². The molecule has 0 aliphatic heterocycles. The molecule has 15 heavy (non-hydrogen) atoms. The standard InChI is InChI=1S/C11H11NO3/c1-14-8-3-4-9-7(5-8)6-10(15-2)12-11(9)13/h3-6H,1-2H3,(H,12,13). The summed E-state index contributed by atoms with van der Waals surface area (Å²) >= 11 is 0. The average Bonchev–Trinajstić information content (AvgIpc) is 2.28. The number of rotatable bonds is 2. The van der Waals surface area contributed by atoms with Crippen LogP contribution in [0.15, 0.2) is 29.1 Å². The lowest BCUT2D eigenvalue weighted by Gasteiger charge is -2.04. The molecule has 2 aromatic rings. The van der Waals surface area contributed by atoms with Gasteiger partial charge in [-0.15, -0.1) is 0 Å². The maximum atomic E-state index is 11.6. The Hall–Kier alpha value is -1.97. The lowest BCUT2D eigenvalue weighted by molar-refractivity contribution is 0.397. The van der Waals surface area contributed by atoms with Crippen LogP contribution in [-0.2, 0) is 0 Å². The highest BCUT2D eigenvalue weighted by molar-refractivity contribution is 5.83. The molecule has 0 unspecified atom stereocenters. The van der Waals surface area contributed by atoms with Gasteiger partial charge in [0, 0.05) is 11.5 Å². The summed E-state index contributed by atoms with van der Waals surface area (Å²) in [5.74, 6) is 1.16. The second-order valence-corrected chi connectivity index (χ2v) is 3.12. The zero-order valence-corrected chi connectivity index (χ0v) is 8.53. The number of fused-ring (bicyclic) bond motifs is 1. The average molecular weight is 205 g/mol. The Morgan fingerprint density at radius 2 is 1.93 bits per heavy atom. The molecule has 2 rings (SSSR count). The van der Waals surface area contributed by atoms with E-state index in [9.17, 15) is 4.79 Å². The zero-order chi connectivity index (χ0) is 10.8. The summed E-state index contributed by atoms with van der Waals surface area (Å²) in [4.78, 5) is 14.2. The summed E-state index contributed by atoms with van der Waals surface area (Å²) in [5, 5.41) is 1.42. The number of nitrogens with one attached hydrogen (secondary N) is 1. The van der Waals surface area contributed by atoms with Crippen molar-refractivity contribution in [3.63, 3.8) is 0 Å². The van der Waals surface area contributed by atoms with E-state index in [4.69, 9.17) is 9.47 Å². The van der Waals surface area contributed by atoms with E-state index < -0.39 is 0 Å². The topological polar surface area (TPSA) is 51.3 Å². The highest BCUT2D eigenvalue weighted by atomic mass is 16.5. The van der Waals surface area contributed by atoms with Crippen LogP contribution < -0.4 is 15.0 Å². The minimum atomic E-state index is -0.160. The minimum Gasteiger partial charge on any atom is -0.497 e. The van der Waals surface area contributed by atoms with Gasteiger partial charge in [-0.05, 0) is 23.6 Å². The highest BCUT2D eigenvalue weighted by Crippen LogP contribution is 2.20. The van der Waals surface area contributed by atoms with Crippen LogP contribution in [0.1, 0.15) is 0 Å². The van der Waals surface area contributed by atoms with Crippen LogP contribution in [0.3, 0.4) is 0 Å². The first-order valence-electron chi connectivity index (χ1n) is 4.49. The first-order chi connectivity index (χ1) is 7.24. The smallest absolute Gasteiger partial charge is 0.258 e. The predicted molar refractivity (Wildman–Crippen MR) is 57.7 cm³/mol. The molecule has 4 heteroatoms. The molecule has 1 N–H and O–H groups in total. The van der Waals surface area contributed by atoms with Crippen molar-refractivity contribution >= 4 is 10.8 Å². The monoisotopic (exact) mass is 205 g/mol. The zero-order valence-electron chi connectivity index (χ0n) is 8.53. The van der Waals surface area contributed by atoms with E-state index in [1.165, 1.54) is 7.11 Å². The highest BCUT2D eigenvalue weighted by Gasteiger charge is 2.02. The Kier molecular flexibility index (Phi) is 2.33. The van der Waals surface area contributed by atoms with Crippen molar-refractivity contribution in [3.8, 4) is 11.6 Å². The number of aromatic nitrogens is 1. The molecule has 1 heterocycles. The number of hydrogen-bond donors (Lipinski definition) is 1. The van der Waals surface area contributed by atoms with Crippen molar-refractivity contribution in [3.05, 3.63) is 34.6 Å². The van der Waals surface area contributed by atoms with E-state index in [2.05, 4.69) is 4.98 Å². The molecule has 0 fully saturated rings. The van der Waals surface area contributed by atoms with Gasteiger partial charge in [-0.3, -0.25) is 9.78 Å². The fourth-order valence-electron chi connectivity index (χ4n) is 1.46. The second kappa shape index (κ2) is 3.65. The third kappa shape index (κ3) is 1.66. The van der Waals surface area contributed by atoms with E-state index in [1.54, 1.807) is 31.4 Å². The number of aromatic amines is 1. The van der Waals surface area contributed by atoms with Gasteiger partial charge >= 0.3 is 0 Å². The van der Waals surface area contributed by atoms with Gasteiger partial charge in [0.2, 0.25) is 0 Å². The Bertz CT molecular complexity index is 540. The van der Waals surface area contributed by atoms with Crippen molar-refractivity contribution in [2.75, 3.05) is 14.2 Å². The Morgan fingerprint density at radius 1 is 1.13 bits per heavy atom. The van der Waals surface area contributed by atoms with Gasteiger partial charge in [-0.25, -0.2) is 0 Å².